The molecule has 1 aliphatic rings. The molecular formula is C14H17N5OS. The lowest BCUT2D eigenvalue weighted by Gasteiger charge is -2.38. The van der Waals surface area contributed by atoms with Gasteiger partial charge in [-0.1, -0.05) is 0 Å². The molecule has 6 nitrogen and oxygen atoms in total. The van der Waals surface area contributed by atoms with Crippen LogP contribution in [0.15, 0.2) is 12.3 Å². The number of aromatic nitrogens is 3. The number of amides is 1. The molecule has 1 N–H and O–H groups in total. The van der Waals surface area contributed by atoms with Crippen molar-refractivity contribution in [3.63, 3.8) is 0 Å². The fourth-order valence-corrected chi connectivity index (χ4v) is 2.98. The van der Waals surface area contributed by atoms with Crippen LogP contribution in [0.1, 0.15) is 29.2 Å². The van der Waals surface area contributed by atoms with Gasteiger partial charge in [0.25, 0.3) is 0 Å². The van der Waals surface area contributed by atoms with Crippen molar-refractivity contribution >= 4 is 28.2 Å². The summed E-state index contributed by atoms with van der Waals surface area (Å²) in [6.07, 6.45) is 1.83. The van der Waals surface area contributed by atoms with Crippen molar-refractivity contribution in [1.29, 1.82) is 0 Å². The van der Waals surface area contributed by atoms with E-state index in [2.05, 4.69) is 20.3 Å². The van der Waals surface area contributed by atoms with Crippen molar-refractivity contribution in [2.45, 2.75) is 26.7 Å². The Hall–Kier alpha value is -2.02. The van der Waals surface area contributed by atoms with Gasteiger partial charge >= 0.3 is 0 Å². The van der Waals surface area contributed by atoms with E-state index in [9.17, 15) is 4.79 Å². The van der Waals surface area contributed by atoms with Crippen LogP contribution in [0, 0.1) is 13.8 Å². The van der Waals surface area contributed by atoms with E-state index in [0.717, 1.165) is 40.4 Å². The van der Waals surface area contributed by atoms with Gasteiger partial charge in [0.1, 0.15) is 11.6 Å². The van der Waals surface area contributed by atoms with Crippen LogP contribution in [0.2, 0.25) is 0 Å². The highest BCUT2D eigenvalue weighted by Gasteiger charge is 2.31. The van der Waals surface area contributed by atoms with Gasteiger partial charge in [-0.3, -0.25) is 4.79 Å². The molecule has 0 atom stereocenters. The molecule has 0 aliphatic carbocycles. The molecule has 21 heavy (non-hydrogen) atoms. The molecule has 2 aromatic heterocycles. The zero-order valence-corrected chi connectivity index (χ0v) is 13.1. The van der Waals surface area contributed by atoms with Crippen LogP contribution in [0.3, 0.4) is 0 Å². The number of hydrogen-bond acceptors (Lipinski definition) is 6. The third-order valence-corrected chi connectivity index (χ3v) is 4.29. The first-order valence-corrected chi connectivity index (χ1v) is 7.63. The highest BCUT2D eigenvalue weighted by molar-refractivity contribution is 7.15. The van der Waals surface area contributed by atoms with E-state index >= 15 is 0 Å². The van der Waals surface area contributed by atoms with Gasteiger partial charge in [-0.15, -0.1) is 11.3 Å². The van der Waals surface area contributed by atoms with Crippen molar-refractivity contribution in [3.05, 3.63) is 28.7 Å². The second kappa shape index (κ2) is 5.40. The van der Waals surface area contributed by atoms with E-state index in [-0.39, 0.29) is 5.91 Å². The maximum Gasteiger partial charge on any atom is 0.219 e. The van der Waals surface area contributed by atoms with Gasteiger partial charge in [0.15, 0.2) is 5.13 Å². The van der Waals surface area contributed by atoms with Gasteiger partial charge in [-0.05, 0) is 13.8 Å². The fraction of sp³-hybridized carbons (Fsp3) is 0.429. The van der Waals surface area contributed by atoms with E-state index in [4.69, 9.17) is 0 Å². The van der Waals surface area contributed by atoms with Crippen molar-refractivity contribution in [1.82, 2.24) is 19.9 Å². The van der Waals surface area contributed by atoms with Crippen LogP contribution >= 0.6 is 11.3 Å². The summed E-state index contributed by atoms with van der Waals surface area (Å²) in [5.74, 6) is 1.90. The quantitative estimate of drug-likeness (QED) is 0.941. The average molecular weight is 303 g/mol. The predicted molar refractivity (Wildman–Crippen MR) is 81.9 cm³/mol. The van der Waals surface area contributed by atoms with Crippen LogP contribution in [0.5, 0.6) is 0 Å². The monoisotopic (exact) mass is 303 g/mol. The Kier molecular flexibility index (Phi) is 3.59. The number of anilines is 2. The topological polar surface area (TPSA) is 71.0 Å². The van der Waals surface area contributed by atoms with E-state index in [0.29, 0.717) is 5.92 Å². The molecule has 0 unspecified atom stereocenters. The maximum absolute atomic E-state index is 11.3. The highest BCUT2D eigenvalue weighted by Crippen LogP contribution is 2.28. The molecule has 1 aliphatic heterocycles. The highest BCUT2D eigenvalue weighted by atomic mass is 32.1. The van der Waals surface area contributed by atoms with E-state index in [1.54, 1.807) is 18.3 Å². The number of carbonyl (C=O) groups excluding carboxylic acids is 1. The SMILES string of the molecule is CC(=O)N1CC(c2cc(Nc3ncc(C)s3)nc(C)n2)C1. The number of hydrogen-bond donors (Lipinski definition) is 1. The standard InChI is InChI=1S/C14H17N5OS/c1-8-5-15-14(21-8)18-13-4-12(16-9(2)17-13)11-6-19(7-11)10(3)20/h4-5,11H,6-7H2,1-3H3,(H,15,16,17,18). The number of thiazole rings is 1. The summed E-state index contributed by atoms with van der Waals surface area (Å²) in [6.45, 7) is 6.97. The number of rotatable bonds is 3. The Morgan fingerprint density at radius 3 is 2.76 bits per heavy atom. The zero-order valence-electron chi connectivity index (χ0n) is 12.3. The molecule has 0 radical (unpaired) electrons. The largest absolute Gasteiger partial charge is 0.341 e. The number of likely N-dealkylation sites (tertiary alicyclic amines) is 1. The van der Waals surface area contributed by atoms with Crippen molar-refractivity contribution in [2.75, 3.05) is 18.4 Å². The summed E-state index contributed by atoms with van der Waals surface area (Å²) in [5.41, 5.74) is 0.982. The number of aryl methyl sites for hydroxylation is 2. The van der Waals surface area contributed by atoms with Gasteiger partial charge in [0, 0.05) is 43.1 Å². The Bertz CT molecular complexity index is 678. The van der Waals surface area contributed by atoms with Crippen LogP contribution in [-0.4, -0.2) is 38.8 Å². The first kappa shape index (κ1) is 13.9. The second-order valence-corrected chi connectivity index (χ2v) is 6.48. The summed E-state index contributed by atoms with van der Waals surface area (Å²) >= 11 is 1.59. The van der Waals surface area contributed by atoms with Gasteiger partial charge < -0.3 is 10.2 Å². The molecule has 3 heterocycles. The first-order chi connectivity index (χ1) is 10.0. The van der Waals surface area contributed by atoms with Crippen LogP contribution in [0.25, 0.3) is 0 Å². The number of nitrogens with one attached hydrogen (secondary N) is 1. The summed E-state index contributed by atoms with van der Waals surface area (Å²) in [5, 5.41) is 4.05. The average Bonchev–Trinajstić information content (AvgIpc) is 2.71. The Labute approximate surface area is 127 Å². The van der Waals surface area contributed by atoms with Gasteiger partial charge in [-0.2, -0.15) is 0 Å². The van der Waals surface area contributed by atoms with E-state index < -0.39 is 0 Å². The molecule has 1 saturated heterocycles. The summed E-state index contributed by atoms with van der Waals surface area (Å²) in [7, 11) is 0. The molecular weight excluding hydrogens is 286 g/mol. The Morgan fingerprint density at radius 1 is 1.38 bits per heavy atom. The molecule has 0 aromatic carbocycles. The zero-order chi connectivity index (χ0) is 15.0. The van der Waals surface area contributed by atoms with Crippen LogP contribution in [-0.2, 0) is 4.79 Å². The molecule has 1 amide bonds. The van der Waals surface area contributed by atoms with Crippen LogP contribution in [0.4, 0.5) is 10.9 Å². The van der Waals surface area contributed by atoms with Crippen molar-refractivity contribution in [2.24, 2.45) is 0 Å². The molecule has 2 aromatic rings. The third-order valence-electron chi connectivity index (χ3n) is 3.46. The van der Waals surface area contributed by atoms with Crippen molar-refractivity contribution in [3.8, 4) is 0 Å². The molecule has 0 bridgehead atoms. The van der Waals surface area contributed by atoms with E-state index in [1.807, 2.05) is 31.0 Å². The summed E-state index contributed by atoms with van der Waals surface area (Å²) < 4.78 is 0. The number of carbonyl (C=O) groups is 1. The first-order valence-electron chi connectivity index (χ1n) is 6.82. The Morgan fingerprint density at radius 2 is 2.14 bits per heavy atom. The molecule has 1 fully saturated rings. The molecule has 110 valence electrons. The lowest BCUT2D eigenvalue weighted by Crippen LogP contribution is -2.47. The summed E-state index contributed by atoms with van der Waals surface area (Å²) in [6, 6.07) is 1.95. The normalized spacial score (nSPS) is 14.9. The van der Waals surface area contributed by atoms with Gasteiger partial charge in [0.05, 0.1) is 5.69 Å². The van der Waals surface area contributed by atoms with E-state index in [1.165, 1.54) is 0 Å². The van der Waals surface area contributed by atoms with Crippen molar-refractivity contribution < 1.29 is 4.79 Å². The predicted octanol–water partition coefficient (Wildman–Crippen LogP) is 2.24. The molecule has 0 saturated carbocycles. The third kappa shape index (κ3) is 3.02. The Balaban J connectivity index is 1.76. The second-order valence-electron chi connectivity index (χ2n) is 5.25. The molecule has 0 spiro atoms. The molecule has 3 rings (SSSR count). The minimum atomic E-state index is 0.119. The minimum Gasteiger partial charge on any atom is -0.341 e. The number of nitrogens with zero attached hydrogens (tertiary/aromatic N) is 4. The van der Waals surface area contributed by atoms with Gasteiger partial charge in [0.2, 0.25) is 5.91 Å². The van der Waals surface area contributed by atoms with Crippen LogP contribution < -0.4 is 5.32 Å². The van der Waals surface area contributed by atoms with Gasteiger partial charge in [-0.25, -0.2) is 15.0 Å². The lowest BCUT2D eigenvalue weighted by atomic mass is 9.96. The summed E-state index contributed by atoms with van der Waals surface area (Å²) in [4.78, 5) is 27.4. The lowest BCUT2D eigenvalue weighted by molar-refractivity contribution is -0.133. The molecule has 7 heteroatoms. The minimum absolute atomic E-state index is 0.119. The smallest absolute Gasteiger partial charge is 0.219 e. The fourth-order valence-electron chi connectivity index (χ4n) is 2.31. The maximum atomic E-state index is 11.3.